The molecule has 1 fully saturated rings. The summed E-state index contributed by atoms with van der Waals surface area (Å²) >= 11 is 0. The zero-order chi connectivity index (χ0) is 15.7. The van der Waals surface area contributed by atoms with Crippen molar-refractivity contribution in [1.29, 1.82) is 0 Å². The molecule has 0 N–H and O–H groups in total. The maximum atomic E-state index is 2.77. The Labute approximate surface area is 134 Å². The van der Waals surface area contributed by atoms with Gasteiger partial charge in [-0.1, -0.05) is 65.2 Å². The number of unbranched alkanes of at least 4 members (excludes halogenated alkanes) is 6. The predicted molar refractivity (Wildman–Crippen MR) is 95.0 cm³/mol. The van der Waals surface area contributed by atoms with Gasteiger partial charge < -0.3 is 4.90 Å². The van der Waals surface area contributed by atoms with E-state index in [2.05, 4.69) is 44.7 Å². The lowest BCUT2D eigenvalue weighted by molar-refractivity contribution is -0.0317. The van der Waals surface area contributed by atoms with Crippen LogP contribution in [0.15, 0.2) is 0 Å². The topological polar surface area (TPSA) is 6.48 Å². The third-order valence-electron chi connectivity index (χ3n) is 5.49. The summed E-state index contributed by atoms with van der Waals surface area (Å²) in [5.41, 5.74) is 0.466. The van der Waals surface area contributed by atoms with Crippen molar-refractivity contribution in [3.05, 3.63) is 0 Å². The zero-order valence-electron chi connectivity index (χ0n) is 15.5. The molecule has 0 aromatic heterocycles. The molecule has 2 nitrogen and oxygen atoms in total. The van der Waals surface area contributed by atoms with Gasteiger partial charge in [-0.15, -0.1) is 0 Å². The second-order valence-electron chi connectivity index (χ2n) is 7.64. The van der Waals surface area contributed by atoms with Crippen molar-refractivity contribution in [2.45, 2.75) is 96.6 Å². The largest absolute Gasteiger partial charge is 0.304 e. The van der Waals surface area contributed by atoms with Gasteiger partial charge in [0.25, 0.3) is 0 Å². The van der Waals surface area contributed by atoms with Gasteiger partial charge in [0.15, 0.2) is 0 Å². The molecule has 0 bridgehead atoms. The van der Waals surface area contributed by atoms with Gasteiger partial charge in [0.2, 0.25) is 0 Å². The maximum absolute atomic E-state index is 2.77. The van der Waals surface area contributed by atoms with Crippen LogP contribution in [0.5, 0.6) is 0 Å². The van der Waals surface area contributed by atoms with E-state index in [-0.39, 0.29) is 0 Å². The summed E-state index contributed by atoms with van der Waals surface area (Å²) in [4.78, 5) is 5.17. The Kier molecular flexibility index (Phi) is 8.89. The molecule has 1 aliphatic heterocycles. The van der Waals surface area contributed by atoms with E-state index in [0.717, 1.165) is 6.04 Å². The predicted octanol–water partition coefficient (Wildman–Crippen LogP) is 4.93. The minimum Gasteiger partial charge on any atom is -0.304 e. The third kappa shape index (κ3) is 6.28. The van der Waals surface area contributed by atoms with E-state index in [1.54, 1.807) is 0 Å². The van der Waals surface area contributed by atoms with Crippen LogP contribution < -0.4 is 0 Å². The maximum Gasteiger partial charge on any atom is 0.0344 e. The van der Waals surface area contributed by atoms with E-state index in [1.165, 1.54) is 77.3 Å². The molecule has 0 spiro atoms. The van der Waals surface area contributed by atoms with E-state index in [9.17, 15) is 0 Å². The molecule has 0 amide bonds. The fourth-order valence-corrected chi connectivity index (χ4v) is 3.53. The minimum absolute atomic E-state index is 0.466. The molecule has 126 valence electrons. The van der Waals surface area contributed by atoms with Crippen LogP contribution in [0.2, 0.25) is 0 Å². The van der Waals surface area contributed by atoms with Crippen LogP contribution in [0.25, 0.3) is 0 Å². The number of hydrogen-bond donors (Lipinski definition) is 0. The van der Waals surface area contributed by atoms with Gasteiger partial charge >= 0.3 is 0 Å². The Bertz CT molecular complexity index is 244. The van der Waals surface area contributed by atoms with E-state index in [0.29, 0.717) is 5.54 Å². The summed E-state index contributed by atoms with van der Waals surface area (Å²) in [6, 6.07) is 0.788. The molecule has 0 saturated carbocycles. The number of hydrogen-bond acceptors (Lipinski definition) is 2. The first-order valence-electron chi connectivity index (χ1n) is 9.45. The Morgan fingerprint density at radius 3 is 1.71 bits per heavy atom. The van der Waals surface area contributed by atoms with Crippen LogP contribution in [0, 0.1) is 0 Å². The molecule has 2 heteroatoms. The average molecular weight is 297 g/mol. The second kappa shape index (κ2) is 9.84. The first-order chi connectivity index (χ1) is 10.0. The van der Waals surface area contributed by atoms with E-state index >= 15 is 0 Å². The first-order valence-corrected chi connectivity index (χ1v) is 9.45. The lowest BCUT2D eigenvalue weighted by Crippen LogP contribution is -2.64. The highest BCUT2D eigenvalue weighted by Gasteiger charge is 2.40. The zero-order valence-corrected chi connectivity index (χ0v) is 15.5. The highest BCUT2D eigenvalue weighted by atomic mass is 15.3. The number of likely N-dealkylation sites (tertiary alicyclic amines) is 1. The Balaban J connectivity index is 2.41. The van der Waals surface area contributed by atoms with Gasteiger partial charge in [0.05, 0.1) is 0 Å². The van der Waals surface area contributed by atoms with E-state index in [1.807, 2.05) is 0 Å². The standard InChI is InChI=1S/C19H40N2/c1-6-8-10-12-14-19(3,15-13-11-9-7-2)21-16-18(17-21)20(4)5/h18H,6-17H2,1-5H3. The Hall–Kier alpha value is -0.0800. The summed E-state index contributed by atoms with van der Waals surface area (Å²) in [7, 11) is 4.45. The Morgan fingerprint density at radius 2 is 1.33 bits per heavy atom. The molecule has 0 radical (unpaired) electrons. The molecule has 0 unspecified atom stereocenters. The number of likely N-dealkylation sites (N-methyl/N-ethyl adjacent to an activating group) is 1. The van der Waals surface area contributed by atoms with Crippen LogP contribution in [0.1, 0.15) is 85.0 Å². The first kappa shape index (κ1) is 19.0. The molecule has 21 heavy (non-hydrogen) atoms. The van der Waals surface area contributed by atoms with Gasteiger partial charge in [-0.25, -0.2) is 0 Å². The molecule has 1 aliphatic rings. The fraction of sp³-hybridized carbons (Fsp3) is 1.00. The van der Waals surface area contributed by atoms with Gasteiger partial charge in [0, 0.05) is 24.7 Å². The monoisotopic (exact) mass is 296 g/mol. The summed E-state index contributed by atoms with van der Waals surface area (Å²) in [6.07, 6.45) is 14.0. The van der Waals surface area contributed by atoms with Crippen molar-refractivity contribution in [3.63, 3.8) is 0 Å². The highest BCUT2D eigenvalue weighted by Crippen LogP contribution is 2.33. The van der Waals surface area contributed by atoms with Gasteiger partial charge in [-0.05, 0) is 33.9 Å². The van der Waals surface area contributed by atoms with Crippen LogP contribution in [0.4, 0.5) is 0 Å². The van der Waals surface area contributed by atoms with E-state index < -0.39 is 0 Å². The van der Waals surface area contributed by atoms with Crippen LogP contribution >= 0.6 is 0 Å². The lowest BCUT2D eigenvalue weighted by atomic mass is 9.83. The Morgan fingerprint density at radius 1 is 0.857 bits per heavy atom. The minimum atomic E-state index is 0.466. The lowest BCUT2D eigenvalue weighted by Gasteiger charge is -2.53. The van der Waals surface area contributed by atoms with Crippen LogP contribution in [0.3, 0.4) is 0 Å². The van der Waals surface area contributed by atoms with Crippen molar-refractivity contribution in [1.82, 2.24) is 9.80 Å². The molecule has 0 aliphatic carbocycles. The molecule has 1 heterocycles. The molecule has 0 aromatic carbocycles. The van der Waals surface area contributed by atoms with Crippen molar-refractivity contribution in [3.8, 4) is 0 Å². The summed E-state index contributed by atoms with van der Waals surface area (Å²) in [5, 5.41) is 0. The summed E-state index contributed by atoms with van der Waals surface area (Å²) in [6.45, 7) is 9.72. The smallest absolute Gasteiger partial charge is 0.0344 e. The van der Waals surface area contributed by atoms with Crippen molar-refractivity contribution < 1.29 is 0 Å². The summed E-state index contributed by atoms with van der Waals surface area (Å²) in [5.74, 6) is 0. The number of rotatable bonds is 12. The van der Waals surface area contributed by atoms with Crippen molar-refractivity contribution in [2.75, 3.05) is 27.2 Å². The number of nitrogens with zero attached hydrogens (tertiary/aromatic N) is 2. The van der Waals surface area contributed by atoms with Gasteiger partial charge in [-0.3, -0.25) is 4.90 Å². The second-order valence-corrected chi connectivity index (χ2v) is 7.64. The van der Waals surface area contributed by atoms with Crippen molar-refractivity contribution in [2.24, 2.45) is 0 Å². The molecule has 0 atom stereocenters. The highest BCUT2D eigenvalue weighted by molar-refractivity contribution is 4.97. The fourth-order valence-electron chi connectivity index (χ4n) is 3.53. The normalized spacial score (nSPS) is 17.4. The van der Waals surface area contributed by atoms with Crippen LogP contribution in [-0.2, 0) is 0 Å². The SMILES string of the molecule is CCCCCCC(C)(CCCCCC)N1CC(N(C)C)C1. The van der Waals surface area contributed by atoms with Crippen LogP contribution in [-0.4, -0.2) is 48.6 Å². The summed E-state index contributed by atoms with van der Waals surface area (Å²) < 4.78 is 0. The van der Waals surface area contributed by atoms with Gasteiger partial charge in [-0.2, -0.15) is 0 Å². The molecule has 0 aromatic rings. The molecular formula is C19H40N2. The van der Waals surface area contributed by atoms with Gasteiger partial charge in [0.1, 0.15) is 0 Å². The third-order valence-corrected chi connectivity index (χ3v) is 5.49. The quantitative estimate of drug-likeness (QED) is 0.471. The molecule has 1 saturated heterocycles. The van der Waals surface area contributed by atoms with E-state index in [4.69, 9.17) is 0 Å². The average Bonchev–Trinajstić information content (AvgIpc) is 2.38. The molecular weight excluding hydrogens is 256 g/mol. The van der Waals surface area contributed by atoms with Crippen molar-refractivity contribution >= 4 is 0 Å². The molecule has 1 rings (SSSR count).